The van der Waals surface area contributed by atoms with E-state index in [-0.39, 0.29) is 6.54 Å². The van der Waals surface area contributed by atoms with Crippen molar-refractivity contribution < 1.29 is 4.39 Å². The minimum absolute atomic E-state index is 0.101. The molecule has 0 unspecified atom stereocenters. The van der Waals surface area contributed by atoms with Gasteiger partial charge in [0, 0.05) is 31.7 Å². The molecule has 7 nitrogen and oxygen atoms in total. The number of anilines is 1. The highest BCUT2D eigenvalue weighted by atomic mass is 19.1. The van der Waals surface area contributed by atoms with Crippen LogP contribution in [0, 0.1) is 11.7 Å². The molecule has 1 aliphatic carbocycles. The Kier molecular flexibility index (Phi) is 4.95. The van der Waals surface area contributed by atoms with E-state index in [1.165, 1.54) is 29.9 Å². The van der Waals surface area contributed by atoms with Crippen molar-refractivity contribution in [2.75, 3.05) is 11.4 Å². The molecule has 8 heteroatoms. The quantitative estimate of drug-likeness (QED) is 0.647. The Labute approximate surface area is 179 Å². The Balaban J connectivity index is 1.68. The summed E-state index contributed by atoms with van der Waals surface area (Å²) in [5.41, 5.74) is 0.272. The maximum Gasteiger partial charge on any atom is 0.332 e. The van der Waals surface area contributed by atoms with E-state index in [1.54, 1.807) is 25.2 Å². The summed E-state index contributed by atoms with van der Waals surface area (Å²) < 4.78 is 18.8. The number of fused-ring (bicyclic) bond motifs is 3. The fourth-order valence-corrected chi connectivity index (χ4v) is 5.18. The van der Waals surface area contributed by atoms with E-state index in [4.69, 9.17) is 4.98 Å². The van der Waals surface area contributed by atoms with Crippen LogP contribution in [0.25, 0.3) is 11.2 Å². The lowest BCUT2D eigenvalue weighted by molar-refractivity contribution is 0.354. The maximum atomic E-state index is 14.2. The van der Waals surface area contributed by atoms with Gasteiger partial charge in [-0.2, -0.15) is 4.98 Å². The maximum absolute atomic E-state index is 14.2. The first-order valence-electron chi connectivity index (χ1n) is 11.2. The normalized spacial score (nSPS) is 19.7. The van der Waals surface area contributed by atoms with Gasteiger partial charge in [0.25, 0.3) is 5.56 Å². The number of aryl methyl sites for hydroxylation is 1. The summed E-state index contributed by atoms with van der Waals surface area (Å²) in [6.07, 6.45) is 5.96. The van der Waals surface area contributed by atoms with Crippen LogP contribution in [0.2, 0.25) is 0 Å². The lowest BCUT2D eigenvalue weighted by Gasteiger charge is -2.40. The third-order valence-electron chi connectivity index (χ3n) is 6.77. The molecule has 0 N–H and O–H groups in total. The number of aromatic nitrogens is 4. The van der Waals surface area contributed by atoms with E-state index in [0.717, 1.165) is 29.9 Å². The second kappa shape index (κ2) is 7.66. The van der Waals surface area contributed by atoms with Crippen molar-refractivity contribution in [1.82, 2.24) is 18.7 Å². The number of rotatable bonds is 3. The predicted octanol–water partition coefficient (Wildman–Crippen LogP) is 2.87. The van der Waals surface area contributed by atoms with Crippen LogP contribution in [-0.2, 0) is 20.1 Å². The first kappa shape index (κ1) is 20.0. The lowest BCUT2D eigenvalue weighted by atomic mass is 9.93. The molecular weight excluding hydrogens is 397 g/mol. The van der Waals surface area contributed by atoms with Crippen LogP contribution in [0.5, 0.6) is 0 Å². The summed E-state index contributed by atoms with van der Waals surface area (Å²) in [4.78, 5) is 33.6. The van der Waals surface area contributed by atoms with Crippen LogP contribution >= 0.6 is 0 Å². The van der Waals surface area contributed by atoms with E-state index in [9.17, 15) is 14.0 Å². The molecule has 0 bridgehead atoms. The van der Waals surface area contributed by atoms with Crippen molar-refractivity contribution in [3.8, 4) is 0 Å². The van der Waals surface area contributed by atoms with Crippen molar-refractivity contribution in [2.45, 2.75) is 58.2 Å². The van der Waals surface area contributed by atoms with Crippen LogP contribution in [0.15, 0.2) is 33.9 Å². The number of nitrogens with zero attached hydrogens (tertiary/aromatic N) is 5. The smallest absolute Gasteiger partial charge is 0.332 e. The van der Waals surface area contributed by atoms with Crippen molar-refractivity contribution in [3.63, 3.8) is 0 Å². The first-order valence-corrected chi connectivity index (χ1v) is 11.2. The SMILES string of the molecule is C[C@@H]1CN(C2CCCCC2)c2nc3c(c(=O)n(Cc4ccccc4F)c(=O)n3C)n2C1. The van der Waals surface area contributed by atoms with E-state index in [0.29, 0.717) is 35.2 Å². The molecule has 3 heterocycles. The molecule has 1 aliphatic heterocycles. The summed E-state index contributed by atoms with van der Waals surface area (Å²) in [5.74, 6) is 0.725. The van der Waals surface area contributed by atoms with Gasteiger partial charge in [0.15, 0.2) is 11.2 Å². The highest BCUT2D eigenvalue weighted by molar-refractivity contribution is 5.75. The molecular formula is C23H28FN5O2. The Hall–Kier alpha value is -2.90. The molecule has 0 radical (unpaired) electrons. The van der Waals surface area contributed by atoms with Crippen molar-refractivity contribution in [2.24, 2.45) is 13.0 Å². The van der Waals surface area contributed by atoms with Gasteiger partial charge in [-0.3, -0.25) is 13.9 Å². The highest BCUT2D eigenvalue weighted by Gasteiger charge is 2.33. The molecule has 2 aliphatic rings. The van der Waals surface area contributed by atoms with Crippen molar-refractivity contribution >= 4 is 17.1 Å². The van der Waals surface area contributed by atoms with Crippen LogP contribution in [0.3, 0.4) is 0 Å². The monoisotopic (exact) mass is 425 g/mol. The Morgan fingerprint density at radius 2 is 1.84 bits per heavy atom. The number of benzene rings is 1. The number of halogens is 1. The molecule has 1 atom stereocenters. The van der Waals surface area contributed by atoms with Crippen LogP contribution in [0.4, 0.5) is 10.3 Å². The van der Waals surface area contributed by atoms with Gasteiger partial charge < -0.3 is 9.47 Å². The van der Waals surface area contributed by atoms with E-state index >= 15 is 0 Å². The third-order valence-corrected chi connectivity index (χ3v) is 6.77. The standard InChI is InChI=1S/C23H28FN5O2/c1-15-12-27(17-9-4-3-5-10-17)22-25-20-19(28(22)13-15)21(30)29(23(31)26(20)2)14-16-8-6-7-11-18(16)24/h6-8,11,15,17H,3-5,9-10,12-14H2,1-2H3/t15-/m1/s1. The van der Waals surface area contributed by atoms with Gasteiger partial charge in [-0.25, -0.2) is 9.18 Å². The fourth-order valence-electron chi connectivity index (χ4n) is 5.18. The summed E-state index contributed by atoms with van der Waals surface area (Å²) in [6, 6.07) is 6.66. The zero-order valence-electron chi connectivity index (χ0n) is 18.1. The average molecular weight is 426 g/mol. The zero-order valence-corrected chi connectivity index (χ0v) is 18.1. The Bertz CT molecular complexity index is 1250. The van der Waals surface area contributed by atoms with Crippen LogP contribution in [-0.4, -0.2) is 31.3 Å². The third kappa shape index (κ3) is 3.28. The molecule has 1 aromatic carbocycles. The molecule has 3 aromatic rings. The second-order valence-electron chi connectivity index (χ2n) is 9.07. The highest BCUT2D eigenvalue weighted by Crippen LogP contribution is 2.33. The molecule has 31 heavy (non-hydrogen) atoms. The van der Waals surface area contributed by atoms with Gasteiger partial charge in [-0.05, 0) is 24.8 Å². The van der Waals surface area contributed by atoms with Crippen LogP contribution < -0.4 is 16.1 Å². The van der Waals surface area contributed by atoms with E-state index < -0.39 is 17.1 Å². The van der Waals surface area contributed by atoms with Gasteiger partial charge in [-0.1, -0.05) is 44.4 Å². The minimum Gasteiger partial charge on any atom is -0.339 e. The average Bonchev–Trinajstić information content (AvgIpc) is 3.16. The first-order chi connectivity index (χ1) is 15.0. The molecule has 1 saturated carbocycles. The van der Waals surface area contributed by atoms with Gasteiger partial charge in [0.2, 0.25) is 5.95 Å². The zero-order chi connectivity index (χ0) is 21.7. The van der Waals surface area contributed by atoms with E-state index in [1.807, 2.05) is 4.57 Å². The van der Waals surface area contributed by atoms with Gasteiger partial charge in [-0.15, -0.1) is 0 Å². The summed E-state index contributed by atoms with van der Waals surface area (Å²) in [6.45, 7) is 3.68. The van der Waals surface area contributed by atoms with Crippen LogP contribution in [0.1, 0.15) is 44.6 Å². The molecule has 0 amide bonds. The summed E-state index contributed by atoms with van der Waals surface area (Å²) in [5, 5.41) is 0. The van der Waals surface area contributed by atoms with Crippen molar-refractivity contribution in [3.05, 3.63) is 56.5 Å². The van der Waals surface area contributed by atoms with E-state index in [2.05, 4.69) is 11.8 Å². The Morgan fingerprint density at radius 1 is 1.10 bits per heavy atom. The molecule has 2 aromatic heterocycles. The van der Waals surface area contributed by atoms with Gasteiger partial charge in [0.1, 0.15) is 5.82 Å². The minimum atomic E-state index is -0.478. The largest absolute Gasteiger partial charge is 0.339 e. The summed E-state index contributed by atoms with van der Waals surface area (Å²) >= 11 is 0. The second-order valence-corrected chi connectivity index (χ2v) is 9.07. The molecule has 1 fully saturated rings. The molecule has 164 valence electrons. The molecule has 0 saturated heterocycles. The van der Waals surface area contributed by atoms with Crippen molar-refractivity contribution in [1.29, 1.82) is 0 Å². The number of imidazole rings is 1. The Morgan fingerprint density at radius 3 is 2.58 bits per heavy atom. The summed E-state index contributed by atoms with van der Waals surface area (Å²) in [7, 11) is 1.63. The lowest BCUT2D eigenvalue weighted by Crippen LogP contribution is -2.45. The number of hydrogen-bond acceptors (Lipinski definition) is 4. The number of hydrogen-bond donors (Lipinski definition) is 0. The van der Waals surface area contributed by atoms with Gasteiger partial charge in [0.05, 0.1) is 6.54 Å². The van der Waals surface area contributed by atoms with Gasteiger partial charge >= 0.3 is 5.69 Å². The topological polar surface area (TPSA) is 65.1 Å². The molecule has 5 rings (SSSR count). The predicted molar refractivity (Wildman–Crippen MR) is 118 cm³/mol. The fraction of sp³-hybridized carbons (Fsp3) is 0.522. The molecule has 0 spiro atoms.